The molecule has 1 aromatic heterocycles. The molecule has 78 valence electrons. The Balaban J connectivity index is 2.44. The standard InChI is InChI=1S/C10H15BrN2S/c1-3-9(6-11)7-14-10-12-5-4-8(2)13-10/h4-5,9H,3,6-7H2,1-2H3. The Morgan fingerprint density at radius 1 is 1.57 bits per heavy atom. The number of rotatable bonds is 5. The minimum atomic E-state index is 0.712. The quantitative estimate of drug-likeness (QED) is 0.468. The van der Waals surface area contributed by atoms with Crippen molar-refractivity contribution in [1.82, 2.24) is 9.97 Å². The fraction of sp³-hybridized carbons (Fsp3) is 0.600. The zero-order valence-corrected chi connectivity index (χ0v) is 10.9. The normalized spacial score (nSPS) is 12.8. The predicted octanol–water partition coefficient (Wildman–Crippen LogP) is 3.30. The van der Waals surface area contributed by atoms with Gasteiger partial charge >= 0.3 is 0 Å². The maximum Gasteiger partial charge on any atom is 0.187 e. The van der Waals surface area contributed by atoms with E-state index < -0.39 is 0 Å². The van der Waals surface area contributed by atoms with Crippen LogP contribution in [0.25, 0.3) is 0 Å². The van der Waals surface area contributed by atoms with Crippen LogP contribution in [0.4, 0.5) is 0 Å². The van der Waals surface area contributed by atoms with E-state index in [2.05, 4.69) is 32.8 Å². The van der Waals surface area contributed by atoms with Crippen LogP contribution in [0.5, 0.6) is 0 Å². The lowest BCUT2D eigenvalue weighted by Gasteiger charge is -2.09. The highest BCUT2D eigenvalue weighted by Gasteiger charge is 2.06. The van der Waals surface area contributed by atoms with Gasteiger partial charge in [0.1, 0.15) is 0 Å². The highest BCUT2D eigenvalue weighted by molar-refractivity contribution is 9.09. The second-order valence-corrected chi connectivity index (χ2v) is 4.85. The van der Waals surface area contributed by atoms with E-state index in [4.69, 9.17) is 0 Å². The van der Waals surface area contributed by atoms with Crippen LogP contribution in [0.1, 0.15) is 19.0 Å². The van der Waals surface area contributed by atoms with Crippen molar-refractivity contribution < 1.29 is 0 Å². The summed E-state index contributed by atoms with van der Waals surface area (Å²) in [4.78, 5) is 8.57. The molecule has 4 heteroatoms. The molecular weight excluding hydrogens is 260 g/mol. The number of aryl methyl sites for hydroxylation is 1. The van der Waals surface area contributed by atoms with E-state index in [0.29, 0.717) is 5.92 Å². The van der Waals surface area contributed by atoms with Crippen molar-refractivity contribution in [2.45, 2.75) is 25.4 Å². The molecule has 1 atom stereocenters. The number of halogens is 1. The second-order valence-electron chi connectivity index (χ2n) is 3.22. The number of hydrogen-bond acceptors (Lipinski definition) is 3. The van der Waals surface area contributed by atoms with E-state index in [1.165, 1.54) is 6.42 Å². The van der Waals surface area contributed by atoms with Gasteiger partial charge < -0.3 is 0 Å². The lowest BCUT2D eigenvalue weighted by molar-refractivity contribution is 0.651. The van der Waals surface area contributed by atoms with Crippen LogP contribution >= 0.6 is 27.7 Å². The first-order valence-corrected chi connectivity index (χ1v) is 6.85. The summed E-state index contributed by atoms with van der Waals surface area (Å²) >= 11 is 5.25. The van der Waals surface area contributed by atoms with E-state index in [9.17, 15) is 0 Å². The van der Waals surface area contributed by atoms with E-state index in [1.807, 2.05) is 19.2 Å². The lowest BCUT2D eigenvalue weighted by atomic mass is 10.2. The molecule has 0 radical (unpaired) electrons. The fourth-order valence-corrected chi connectivity index (χ4v) is 3.03. The van der Waals surface area contributed by atoms with Crippen LogP contribution in [-0.2, 0) is 0 Å². The molecule has 0 bridgehead atoms. The van der Waals surface area contributed by atoms with Gasteiger partial charge in [0.05, 0.1) is 0 Å². The molecule has 0 aliphatic rings. The number of alkyl halides is 1. The molecule has 0 saturated carbocycles. The van der Waals surface area contributed by atoms with Crippen molar-refractivity contribution in [3.8, 4) is 0 Å². The van der Waals surface area contributed by atoms with Crippen LogP contribution in [0.15, 0.2) is 17.4 Å². The highest BCUT2D eigenvalue weighted by atomic mass is 79.9. The Morgan fingerprint density at radius 2 is 2.36 bits per heavy atom. The van der Waals surface area contributed by atoms with Gasteiger partial charge in [0.15, 0.2) is 5.16 Å². The smallest absolute Gasteiger partial charge is 0.187 e. The largest absolute Gasteiger partial charge is 0.231 e. The van der Waals surface area contributed by atoms with Crippen molar-refractivity contribution in [2.75, 3.05) is 11.1 Å². The van der Waals surface area contributed by atoms with Crippen molar-refractivity contribution in [3.05, 3.63) is 18.0 Å². The SMILES string of the molecule is CCC(CBr)CSc1nccc(C)n1. The molecule has 0 spiro atoms. The van der Waals surface area contributed by atoms with Gasteiger partial charge in [-0.2, -0.15) is 0 Å². The summed E-state index contributed by atoms with van der Waals surface area (Å²) in [5.74, 6) is 1.80. The zero-order valence-electron chi connectivity index (χ0n) is 8.53. The van der Waals surface area contributed by atoms with Crippen LogP contribution in [-0.4, -0.2) is 21.1 Å². The third kappa shape index (κ3) is 3.96. The molecule has 1 aromatic rings. The fourth-order valence-electron chi connectivity index (χ4n) is 0.959. The Kier molecular flexibility index (Phi) is 5.48. The molecule has 1 heterocycles. The first kappa shape index (κ1) is 12.0. The monoisotopic (exact) mass is 274 g/mol. The number of thioether (sulfide) groups is 1. The summed E-state index contributed by atoms with van der Waals surface area (Å²) in [7, 11) is 0. The van der Waals surface area contributed by atoms with Gasteiger partial charge in [-0.1, -0.05) is 41.0 Å². The molecular formula is C10H15BrN2S. The van der Waals surface area contributed by atoms with Gasteiger partial charge in [-0.25, -0.2) is 9.97 Å². The second kappa shape index (κ2) is 6.40. The van der Waals surface area contributed by atoms with E-state index in [-0.39, 0.29) is 0 Å². The summed E-state index contributed by atoms with van der Waals surface area (Å²) in [5, 5.41) is 1.95. The average Bonchev–Trinajstić information content (AvgIpc) is 2.19. The molecule has 0 amide bonds. The Hall–Kier alpha value is -0.0900. The van der Waals surface area contributed by atoms with Crippen molar-refractivity contribution >= 4 is 27.7 Å². The first-order valence-electron chi connectivity index (χ1n) is 4.74. The Labute approximate surface area is 98.1 Å². The molecule has 1 unspecified atom stereocenters. The summed E-state index contributed by atoms with van der Waals surface area (Å²) in [6.45, 7) is 4.21. The van der Waals surface area contributed by atoms with Gasteiger partial charge in [-0.15, -0.1) is 0 Å². The highest BCUT2D eigenvalue weighted by Crippen LogP contribution is 2.19. The molecule has 0 aliphatic heterocycles. The summed E-state index contributed by atoms with van der Waals surface area (Å²) in [6.07, 6.45) is 3.02. The molecule has 0 aliphatic carbocycles. The third-order valence-corrected chi connectivity index (χ3v) is 4.03. The van der Waals surface area contributed by atoms with Crippen LogP contribution < -0.4 is 0 Å². The van der Waals surface area contributed by atoms with Crippen LogP contribution in [0, 0.1) is 12.8 Å². The maximum atomic E-state index is 4.35. The van der Waals surface area contributed by atoms with Gasteiger partial charge in [-0.3, -0.25) is 0 Å². The molecule has 2 nitrogen and oxygen atoms in total. The maximum absolute atomic E-state index is 4.35. The van der Waals surface area contributed by atoms with Crippen molar-refractivity contribution in [2.24, 2.45) is 5.92 Å². The molecule has 0 saturated heterocycles. The van der Waals surface area contributed by atoms with E-state index in [1.54, 1.807) is 11.8 Å². The first-order chi connectivity index (χ1) is 6.76. The van der Waals surface area contributed by atoms with Gasteiger partial charge in [0.25, 0.3) is 0 Å². The van der Waals surface area contributed by atoms with Crippen LogP contribution in [0.2, 0.25) is 0 Å². The van der Waals surface area contributed by atoms with Crippen molar-refractivity contribution in [1.29, 1.82) is 0 Å². The lowest BCUT2D eigenvalue weighted by Crippen LogP contribution is -2.04. The molecule has 0 aromatic carbocycles. The predicted molar refractivity (Wildman–Crippen MR) is 65.1 cm³/mol. The number of aromatic nitrogens is 2. The van der Waals surface area contributed by atoms with Gasteiger partial charge in [-0.05, 0) is 18.9 Å². The average molecular weight is 275 g/mol. The Morgan fingerprint density at radius 3 is 2.93 bits per heavy atom. The molecule has 0 N–H and O–H groups in total. The molecule has 0 fully saturated rings. The summed E-state index contributed by atoms with van der Waals surface area (Å²) < 4.78 is 0. The third-order valence-electron chi connectivity index (χ3n) is 2.02. The molecule has 1 rings (SSSR count). The molecule has 14 heavy (non-hydrogen) atoms. The van der Waals surface area contributed by atoms with Gasteiger partial charge in [0.2, 0.25) is 0 Å². The van der Waals surface area contributed by atoms with E-state index in [0.717, 1.165) is 21.9 Å². The van der Waals surface area contributed by atoms with Gasteiger partial charge in [0, 0.05) is 23.0 Å². The minimum Gasteiger partial charge on any atom is -0.231 e. The van der Waals surface area contributed by atoms with Crippen molar-refractivity contribution in [3.63, 3.8) is 0 Å². The summed E-state index contributed by atoms with van der Waals surface area (Å²) in [5.41, 5.74) is 1.04. The summed E-state index contributed by atoms with van der Waals surface area (Å²) in [6, 6.07) is 1.92. The zero-order chi connectivity index (χ0) is 10.4. The topological polar surface area (TPSA) is 25.8 Å². The van der Waals surface area contributed by atoms with Crippen LogP contribution in [0.3, 0.4) is 0 Å². The van der Waals surface area contributed by atoms with E-state index >= 15 is 0 Å². The number of nitrogens with zero attached hydrogens (tertiary/aromatic N) is 2. The Bertz CT molecular complexity index is 277. The number of hydrogen-bond donors (Lipinski definition) is 0. The minimum absolute atomic E-state index is 0.712.